The monoisotopic (exact) mass is 267 g/mol. The number of halogens is 1. The normalized spacial score (nSPS) is 14.8. The van der Waals surface area contributed by atoms with Crippen molar-refractivity contribution in [1.82, 2.24) is 0 Å². The number of ether oxygens (including phenoxy) is 1. The molecule has 0 amide bonds. The molecule has 1 saturated carbocycles. The van der Waals surface area contributed by atoms with E-state index in [1.54, 1.807) is 0 Å². The summed E-state index contributed by atoms with van der Waals surface area (Å²) in [6, 6.07) is 3.00. The fourth-order valence-electron chi connectivity index (χ4n) is 1.96. The van der Waals surface area contributed by atoms with Gasteiger partial charge in [0.2, 0.25) is 5.82 Å². The van der Waals surface area contributed by atoms with Gasteiger partial charge in [-0.15, -0.1) is 0 Å². The first kappa shape index (κ1) is 13.5. The molecule has 0 aromatic heterocycles. The number of esters is 1. The molecule has 1 aromatic carbocycles. The Hall–Kier alpha value is -1.98. The molecule has 5 nitrogen and oxygen atoms in total. The minimum Gasteiger partial charge on any atom is -0.462 e. The topological polar surface area (TPSA) is 69.4 Å². The Kier molecular flexibility index (Phi) is 4.09. The van der Waals surface area contributed by atoms with E-state index in [0.29, 0.717) is 12.5 Å². The van der Waals surface area contributed by atoms with Crippen molar-refractivity contribution in [3.05, 3.63) is 39.7 Å². The fourth-order valence-corrected chi connectivity index (χ4v) is 1.96. The van der Waals surface area contributed by atoms with Gasteiger partial charge in [0, 0.05) is 6.07 Å². The number of carbonyl (C=O) groups is 1. The van der Waals surface area contributed by atoms with Crippen molar-refractivity contribution in [3.8, 4) is 0 Å². The number of benzene rings is 1. The van der Waals surface area contributed by atoms with E-state index in [2.05, 4.69) is 0 Å². The van der Waals surface area contributed by atoms with Gasteiger partial charge in [-0.25, -0.2) is 4.79 Å². The van der Waals surface area contributed by atoms with Crippen LogP contribution < -0.4 is 0 Å². The molecule has 6 heteroatoms. The third-order valence-corrected chi connectivity index (χ3v) is 3.36. The lowest BCUT2D eigenvalue weighted by atomic mass is 9.83. The van der Waals surface area contributed by atoms with E-state index in [-0.39, 0.29) is 5.56 Å². The molecule has 19 heavy (non-hydrogen) atoms. The van der Waals surface area contributed by atoms with Crippen molar-refractivity contribution in [1.29, 1.82) is 0 Å². The van der Waals surface area contributed by atoms with Crippen molar-refractivity contribution in [3.63, 3.8) is 0 Å². The fraction of sp³-hybridized carbons (Fsp3) is 0.462. The molecular weight excluding hydrogens is 253 g/mol. The zero-order chi connectivity index (χ0) is 13.8. The SMILES string of the molecule is O=C(OCCC1CCC1)c1ccc(F)c([N+](=O)[O-])c1. The van der Waals surface area contributed by atoms with Crippen molar-refractivity contribution >= 4 is 11.7 Å². The first-order chi connectivity index (χ1) is 9.08. The van der Waals surface area contributed by atoms with Gasteiger partial charge in [0.1, 0.15) is 0 Å². The molecule has 1 aromatic rings. The smallest absolute Gasteiger partial charge is 0.338 e. The number of hydrogen-bond donors (Lipinski definition) is 0. The second kappa shape index (κ2) is 5.77. The molecule has 0 unspecified atom stereocenters. The molecule has 0 heterocycles. The number of carbonyl (C=O) groups excluding carboxylic acids is 1. The highest BCUT2D eigenvalue weighted by Gasteiger charge is 2.20. The molecule has 0 spiro atoms. The molecule has 0 bridgehead atoms. The van der Waals surface area contributed by atoms with E-state index in [0.717, 1.165) is 18.6 Å². The number of rotatable bonds is 5. The standard InChI is InChI=1S/C13H14FNO4/c14-11-5-4-10(8-12(11)15(17)18)13(16)19-7-6-9-2-1-3-9/h4-5,8-9H,1-3,6-7H2. The second-order valence-corrected chi connectivity index (χ2v) is 4.64. The summed E-state index contributed by atoms with van der Waals surface area (Å²) < 4.78 is 18.1. The van der Waals surface area contributed by atoms with Crippen molar-refractivity contribution in [2.24, 2.45) is 5.92 Å². The summed E-state index contributed by atoms with van der Waals surface area (Å²) in [6.45, 7) is 0.300. The maximum atomic E-state index is 13.1. The van der Waals surface area contributed by atoms with Gasteiger partial charge >= 0.3 is 11.7 Å². The molecular formula is C13H14FNO4. The molecule has 1 aliphatic carbocycles. The summed E-state index contributed by atoms with van der Waals surface area (Å²) in [5, 5.41) is 10.6. The van der Waals surface area contributed by atoms with Crippen LogP contribution in [0.1, 0.15) is 36.0 Å². The highest BCUT2D eigenvalue weighted by Crippen LogP contribution is 2.29. The molecule has 0 aliphatic heterocycles. The van der Waals surface area contributed by atoms with E-state index in [1.165, 1.54) is 25.3 Å². The highest BCUT2D eigenvalue weighted by atomic mass is 19.1. The Morgan fingerprint density at radius 3 is 2.79 bits per heavy atom. The van der Waals surface area contributed by atoms with E-state index < -0.39 is 22.4 Å². The van der Waals surface area contributed by atoms with Gasteiger partial charge < -0.3 is 4.74 Å². The van der Waals surface area contributed by atoms with Crippen molar-refractivity contribution in [2.75, 3.05) is 6.61 Å². The molecule has 1 fully saturated rings. The number of nitro groups is 1. The van der Waals surface area contributed by atoms with Crippen LogP contribution in [0.25, 0.3) is 0 Å². The third kappa shape index (κ3) is 3.27. The maximum Gasteiger partial charge on any atom is 0.338 e. The second-order valence-electron chi connectivity index (χ2n) is 4.64. The zero-order valence-corrected chi connectivity index (χ0v) is 10.3. The van der Waals surface area contributed by atoms with Crippen LogP contribution in [-0.2, 0) is 4.74 Å². The lowest BCUT2D eigenvalue weighted by Gasteiger charge is -2.24. The molecule has 0 atom stereocenters. The summed E-state index contributed by atoms with van der Waals surface area (Å²) in [6.07, 6.45) is 4.37. The average molecular weight is 267 g/mol. The van der Waals surface area contributed by atoms with E-state index >= 15 is 0 Å². The summed E-state index contributed by atoms with van der Waals surface area (Å²) in [5.41, 5.74) is -0.713. The van der Waals surface area contributed by atoms with Crippen LogP contribution in [0.15, 0.2) is 18.2 Å². The summed E-state index contributed by atoms with van der Waals surface area (Å²) in [4.78, 5) is 21.4. The van der Waals surface area contributed by atoms with Crippen LogP contribution in [0.4, 0.5) is 10.1 Å². The largest absolute Gasteiger partial charge is 0.462 e. The van der Waals surface area contributed by atoms with Crippen LogP contribution in [0.5, 0.6) is 0 Å². The summed E-state index contributed by atoms with van der Waals surface area (Å²) in [5.74, 6) is -0.992. The molecule has 0 N–H and O–H groups in total. The minimum atomic E-state index is -0.962. The Morgan fingerprint density at radius 2 is 2.21 bits per heavy atom. The minimum absolute atomic E-state index is 0.00158. The summed E-state index contributed by atoms with van der Waals surface area (Å²) in [7, 11) is 0. The van der Waals surface area contributed by atoms with Crippen LogP contribution in [0.2, 0.25) is 0 Å². The van der Waals surface area contributed by atoms with Gasteiger partial charge in [-0.1, -0.05) is 19.3 Å². The molecule has 2 rings (SSSR count). The predicted octanol–water partition coefficient (Wildman–Crippen LogP) is 3.08. The lowest BCUT2D eigenvalue weighted by Crippen LogP contribution is -2.15. The first-order valence-electron chi connectivity index (χ1n) is 6.19. The van der Waals surface area contributed by atoms with Gasteiger partial charge in [0.05, 0.1) is 17.1 Å². The Bertz CT molecular complexity index is 499. The molecule has 0 saturated heterocycles. The molecule has 102 valence electrons. The van der Waals surface area contributed by atoms with Crippen LogP contribution >= 0.6 is 0 Å². The Balaban J connectivity index is 1.94. The van der Waals surface area contributed by atoms with Gasteiger partial charge in [-0.3, -0.25) is 10.1 Å². The zero-order valence-electron chi connectivity index (χ0n) is 10.3. The molecule has 1 aliphatic rings. The number of nitro benzene ring substituents is 1. The lowest BCUT2D eigenvalue weighted by molar-refractivity contribution is -0.387. The average Bonchev–Trinajstić information content (AvgIpc) is 2.32. The van der Waals surface area contributed by atoms with E-state index in [4.69, 9.17) is 4.74 Å². The Labute approximate surface area is 109 Å². The van der Waals surface area contributed by atoms with Crippen LogP contribution in [-0.4, -0.2) is 17.5 Å². The van der Waals surface area contributed by atoms with Gasteiger partial charge in [0.25, 0.3) is 0 Å². The third-order valence-electron chi connectivity index (χ3n) is 3.36. The first-order valence-corrected chi connectivity index (χ1v) is 6.19. The quantitative estimate of drug-likeness (QED) is 0.467. The van der Waals surface area contributed by atoms with Crippen LogP contribution in [0.3, 0.4) is 0 Å². The van der Waals surface area contributed by atoms with E-state index in [1.807, 2.05) is 0 Å². The summed E-state index contributed by atoms with van der Waals surface area (Å²) >= 11 is 0. The Morgan fingerprint density at radius 1 is 1.47 bits per heavy atom. The van der Waals surface area contributed by atoms with Crippen molar-refractivity contribution in [2.45, 2.75) is 25.7 Å². The van der Waals surface area contributed by atoms with Gasteiger partial charge in [-0.05, 0) is 24.5 Å². The van der Waals surface area contributed by atoms with Gasteiger partial charge in [0.15, 0.2) is 0 Å². The molecule has 0 radical (unpaired) electrons. The number of nitrogens with zero attached hydrogens (tertiary/aromatic N) is 1. The number of hydrogen-bond acceptors (Lipinski definition) is 4. The van der Waals surface area contributed by atoms with Gasteiger partial charge in [-0.2, -0.15) is 4.39 Å². The predicted molar refractivity (Wildman–Crippen MR) is 65.3 cm³/mol. The van der Waals surface area contributed by atoms with Crippen LogP contribution in [0, 0.1) is 21.8 Å². The highest BCUT2D eigenvalue weighted by molar-refractivity contribution is 5.90. The van der Waals surface area contributed by atoms with E-state index in [9.17, 15) is 19.3 Å². The van der Waals surface area contributed by atoms with Crippen molar-refractivity contribution < 1.29 is 18.8 Å². The maximum absolute atomic E-state index is 13.1.